The summed E-state index contributed by atoms with van der Waals surface area (Å²) in [5.41, 5.74) is 2.44. The molecule has 136 valence electrons. The first-order valence-corrected chi connectivity index (χ1v) is 9.16. The van der Waals surface area contributed by atoms with E-state index in [-0.39, 0.29) is 0 Å². The fraction of sp³-hybridized carbons (Fsp3) is 0.294. The van der Waals surface area contributed by atoms with E-state index in [4.69, 9.17) is 21.2 Å². The van der Waals surface area contributed by atoms with Crippen LogP contribution < -0.4 is 4.74 Å². The van der Waals surface area contributed by atoms with Crippen LogP contribution in [-0.2, 0) is 24.9 Å². The van der Waals surface area contributed by atoms with Gasteiger partial charge >= 0.3 is 0 Å². The van der Waals surface area contributed by atoms with Gasteiger partial charge in [0, 0.05) is 7.05 Å². The number of aryl methyl sites for hydroxylation is 3. The van der Waals surface area contributed by atoms with Crippen LogP contribution in [0.25, 0.3) is 0 Å². The highest BCUT2D eigenvalue weighted by Gasteiger charge is 2.15. The Morgan fingerprint density at radius 3 is 2.92 bits per heavy atom. The van der Waals surface area contributed by atoms with Crippen molar-refractivity contribution in [3.8, 4) is 11.6 Å². The molecular formula is C17H18ClN5O2S. The van der Waals surface area contributed by atoms with Gasteiger partial charge in [-0.15, -0.1) is 5.10 Å². The van der Waals surface area contributed by atoms with Gasteiger partial charge in [-0.05, 0) is 37.0 Å². The first-order chi connectivity index (χ1) is 12.6. The molecule has 0 saturated heterocycles. The Hall–Kier alpha value is -2.45. The Kier molecular flexibility index (Phi) is 5.85. The van der Waals surface area contributed by atoms with E-state index in [0.29, 0.717) is 23.3 Å². The van der Waals surface area contributed by atoms with Crippen LogP contribution in [0.15, 0.2) is 29.4 Å². The van der Waals surface area contributed by atoms with Crippen LogP contribution in [0.3, 0.4) is 0 Å². The average molecular weight is 392 g/mol. The van der Waals surface area contributed by atoms with Gasteiger partial charge in [0.2, 0.25) is 5.88 Å². The second-order valence-electron chi connectivity index (χ2n) is 5.46. The van der Waals surface area contributed by atoms with Crippen molar-refractivity contribution in [3.63, 3.8) is 0 Å². The van der Waals surface area contributed by atoms with Crippen LogP contribution in [0.5, 0.6) is 11.6 Å². The first kappa shape index (κ1) is 18.3. The van der Waals surface area contributed by atoms with Crippen LogP contribution >= 0.6 is 23.1 Å². The molecule has 0 unspecified atom stereocenters. The predicted molar refractivity (Wildman–Crippen MR) is 101 cm³/mol. The average Bonchev–Trinajstić information content (AvgIpc) is 3.18. The molecule has 7 nitrogen and oxygen atoms in total. The summed E-state index contributed by atoms with van der Waals surface area (Å²) >= 11 is 7.49. The minimum absolute atomic E-state index is 0.331. The maximum atomic E-state index is 6.17. The second kappa shape index (κ2) is 8.29. The second-order valence-corrected chi connectivity index (χ2v) is 6.71. The molecule has 2 aromatic heterocycles. The lowest BCUT2D eigenvalue weighted by atomic mass is 10.3. The van der Waals surface area contributed by atoms with E-state index >= 15 is 0 Å². The lowest BCUT2D eigenvalue weighted by Gasteiger charge is -2.08. The quantitative estimate of drug-likeness (QED) is 0.447. The lowest BCUT2D eigenvalue weighted by molar-refractivity contribution is 0.133. The number of hydrogen-bond acceptors (Lipinski definition) is 7. The van der Waals surface area contributed by atoms with Crippen molar-refractivity contribution in [2.24, 2.45) is 12.2 Å². The molecule has 0 saturated carbocycles. The molecule has 3 rings (SSSR count). The molecule has 1 aromatic carbocycles. The van der Waals surface area contributed by atoms with Gasteiger partial charge in [0.15, 0.2) is 6.61 Å². The zero-order valence-electron chi connectivity index (χ0n) is 14.6. The van der Waals surface area contributed by atoms with Gasteiger partial charge in [0.25, 0.3) is 0 Å². The summed E-state index contributed by atoms with van der Waals surface area (Å²) < 4.78 is 11.5. The molecule has 0 spiro atoms. The molecule has 0 N–H and O–H groups in total. The Morgan fingerprint density at radius 2 is 2.15 bits per heavy atom. The highest BCUT2D eigenvalue weighted by Crippen LogP contribution is 2.31. The molecule has 9 heteroatoms. The third-order valence-electron chi connectivity index (χ3n) is 3.68. The number of ether oxygens (including phenoxy) is 1. The smallest absolute Gasteiger partial charge is 0.226 e. The van der Waals surface area contributed by atoms with Gasteiger partial charge in [-0.3, -0.25) is 0 Å². The van der Waals surface area contributed by atoms with Gasteiger partial charge in [-0.2, -0.15) is 5.10 Å². The molecule has 0 bridgehead atoms. The molecule has 2 heterocycles. The minimum Gasteiger partial charge on any atom is -0.437 e. The van der Waals surface area contributed by atoms with Crippen molar-refractivity contribution in [1.29, 1.82) is 0 Å². The molecule has 0 aliphatic heterocycles. The van der Waals surface area contributed by atoms with Crippen LogP contribution in [0.1, 0.15) is 28.8 Å². The van der Waals surface area contributed by atoms with E-state index in [1.165, 1.54) is 11.5 Å². The predicted octanol–water partition coefficient (Wildman–Crippen LogP) is 4.14. The fourth-order valence-corrected chi connectivity index (χ4v) is 3.15. The monoisotopic (exact) mass is 391 g/mol. The third kappa shape index (κ3) is 4.03. The number of oxime groups is 1. The molecule has 0 radical (unpaired) electrons. The number of hydrogen-bond donors (Lipinski definition) is 0. The van der Waals surface area contributed by atoms with Crippen LogP contribution in [-0.4, -0.2) is 25.6 Å². The summed E-state index contributed by atoms with van der Waals surface area (Å²) in [6.45, 7) is 4.24. The summed E-state index contributed by atoms with van der Waals surface area (Å²) in [4.78, 5) is 6.37. The van der Waals surface area contributed by atoms with Crippen molar-refractivity contribution in [2.45, 2.75) is 26.9 Å². The molecule has 0 atom stereocenters. The number of halogens is 1. The van der Waals surface area contributed by atoms with Crippen LogP contribution in [0.4, 0.5) is 0 Å². The van der Waals surface area contributed by atoms with Gasteiger partial charge in [-0.25, -0.2) is 4.68 Å². The molecular weight excluding hydrogens is 374 g/mol. The van der Waals surface area contributed by atoms with Crippen LogP contribution in [0, 0.1) is 6.92 Å². The molecule has 3 aromatic rings. The zero-order valence-corrected chi connectivity index (χ0v) is 16.2. The van der Waals surface area contributed by atoms with Crippen LogP contribution in [0.2, 0.25) is 5.02 Å². The molecule has 26 heavy (non-hydrogen) atoms. The van der Waals surface area contributed by atoms with Crippen molar-refractivity contribution < 1.29 is 9.57 Å². The largest absolute Gasteiger partial charge is 0.437 e. The van der Waals surface area contributed by atoms with Crippen molar-refractivity contribution >= 4 is 29.3 Å². The third-order valence-corrected chi connectivity index (χ3v) is 4.73. The topological polar surface area (TPSA) is 74.4 Å². The Labute approximate surface area is 160 Å². The zero-order chi connectivity index (χ0) is 18.5. The van der Waals surface area contributed by atoms with Gasteiger partial charge in [-0.1, -0.05) is 40.3 Å². The lowest BCUT2D eigenvalue weighted by Crippen LogP contribution is -1.97. The summed E-state index contributed by atoms with van der Waals surface area (Å²) in [5, 5.41) is 13.0. The Balaban J connectivity index is 1.74. The maximum absolute atomic E-state index is 6.17. The SMILES string of the molecule is CCc1nnsc1CO/N=C/c1c(C)nn(C)c1Oc1ccccc1Cl. The van der Waals surface area contributed by atoms with Gasteiger partial charge in [0.1, 0.15) is 5.75 Å². The highest BCUT2D eigenvalue weighted by atomic mass is 35.5. The van der Waals surface area contributed by atoms with Gasteiger partial charge in [0.05, 0.1) is 33.1 Å². The highest BCUT2D eigenvalue weighted by molar-refractivity contribution is 7.05. The van der Waals surface area contributed by atoms with Crippen molar-refractivity contribution in [2.75, 3.05) is 0 Å². The van der Waals surface area contributed by atoms with Gasteiger partial charge < -0.3 is 9.57 Å². The normalized spacial score (nSPS) is 11.2. The van der Waals surface area contributed by atoms with Crippen molar-refractivity contribution in [1.82, 2.24) is 19.4 Å². The van der Waals surface area contributed by atoms with Crippen molar-refractivity contribution in [3.05, 3.63) is 51.1 Å². The summed E-state index contributed by atoms with van der Waals surface area (Å²) in [5.74, 6) is 1.09. The van der Waals surface area contributed by atoms with E-state index in [1.807, 2.05) is 26.0 Å². The number of nitrogens with zero attached hydrogens (tertiary/aromatic N) is 5. The Bertz CT molecular complexity index is 922. The standard InChI is InChI=1S/C17H18ClN5O2S/c1-4-14-16(26-22-20-14)10-24-19-9-12-11(2)21-23(3)17(12)25-15-8-6-5-7-13(15)18/h5-9H,4,10H2,1-3H3/b19-9+. The first-order valence-electron chi connectivity index (χ1n) is 8.01. The summed E-state index contributed by atoms with van der Waals surface area (Å²) in [6.07, 6.45) is 2.41. The molecule has 0 aliphatic carbocycles. The van der Waals surface area contributed by atoms with E-state index in [2.05, 4.69) is 19.8 Å². The number of rotatable bonds is 7. The van der Waals surface area contributed by atoms with E-state index in [9.17, 15) is 0 Å². The number of aromatic nitrogens is 4. The molecule has 0 amide bonds. The minimum atomic E-state index is 0.331. The van der Waals surface area contributed by atoms with E-state index in [1.54, 1.807) is 30.1 Å². The Morgan fingerprint density at radius 1 is 1.35 bits per heavy atom. The summed E-state index contributed by atoms with van der Waals surface area (Å²) in [6, 6.07) is 7.27. The van der Waals surface area contributed by atoms with E-state index in [0.717, 1.165) is 28.2 Å². The maximum Gasteiger partial charge on any atom is 0.226 e. The summed E-state index contributed by atoms with van der Waals surface area (Å²) in [7, 11) is 1.80. The fourth-order valence-electron chi connectivity index (χ4n) is 2.35. The number of para-hydroxylation sites is 1. The molecule has 0 aliphatic rings. The van der Waals surface area contributed by atoms with E-state index < -0.39 is 0 Å². The molecule has 0 fully saturated rings. The number of benzene rings is 1.